The van der Waals surface area contributed by atoms with Crippen LogP contribution in [0, 0.1) is 10.1 Å². The number of nitro groups is 1. The van der Waals surface area contributed by atoms with Crippen LogP contribution in [0.2, 0.25) is 0 Å². The van der Waals surface area contributed by atoms with Crippen LogP contribution in [0.4, 0.5) is 5.69 Å². The zero-order valence-corrected chi connectivity index (χ0v) is 15.1. The van der Waals surface area contributed by atoms with Gasteiger partial charge in [0, 0.05) is 36.7 Å². The van der Waals surface area contributed by atoms with E-state index in [-0.39, 0.29) is 30.7 Å². The SMILES string of the molecule is C=CCN1C(=O)CC(c2cccc([N+](=O)[O-])c2)C(C(=O)OC(C)C)=C1C. The number of hydrogen-bond donors (Lipinski definition) is 0. The zero-order valence-electron chi connectivity index (χ0n) is 15.1. The molecule has 1 amide bonds. The summed E-state index contributed by atoms with van der Waals surface area (Å²) in [7, 11) is 0. The molecule has 1 heterocycles. The molecule has 0 saturated heterocycles. The smallest absolute Gasteiger partial charge is 0.336 e. The van der Waals surface area contributed by atoms with E-state index in [4.69, 9.17) is 4.74 Å². The molecule has 0 saturated carbocycles. The second kappa shape index (κ2) is 7.95. The molecule has 0 radical (unpaired) electrons. The van der Waals surface area contributed by atoms with Gasteiger partial charge in [0.1, 0.15) is 0 Å². The van der Waals surface area contributed by atoms with E-state index in [1.54, 1.807) is 39.0 Å². The first-order chi connectivity index (χ1) is 12.3. The van der Waals surface area contributed by atoms with Crippen LogP contribution in [-0.4, -0.2) is 34.3 Å². The van der Waals surface area contributed by atoms with Gasteiger partial charge < -0.3 is 9.64 Å². The molecule has 138 valence electrons. The first-order valence-electron chi connectivity index (χ1n) is 8.33. The molecule has 1 aromatic rings. The van der Waals surface area contributed by atoms with Gasteiger partial charge in [0.05, 0.1) is 16.6 Å². The summed E-state index contributed by atoms with van der Waals surface area (Å²) in [5.74, 6) is -1.27. The number of nitro benzene ring substituents is 1. The highest BCUT2D eigenvalue weighted by atomic mass is 16.6. The van der Waals surface area contributed by atoms with Crippen LogP contribution in [0.25, 0.3) is 0 Å². The average Bonchev–Trinajstić information content (AvgIpc) is 2.57. The molecule has 1 atom stereocenters. The number of esters is 1. The van der Waals surface area contributed by atoms with Gasteiger partial charge in [-0.05, 0) is 26.3 Å². The Morgan fingerprint density at radius 3 is 2.77 bits per heavy atom. The van der Waals surface area contributed by atoms with E-state index in [0.29, 0.717) is 16.8 Å². The van der Waals surface area contributed by atoms with E-state index in [0.717, 1.165) is 0 Å². The van der Waals surface area contributed by atoms with Crippen LogP contribution in [-0.2, 0) is 14.3 Å². The van der Waals surface area contributed by atoms with Crippen molar-refractivity contribution < 1.29 is 19.2 Å². The molecule has 0 fully saturated rings. The van der Waals surface area contributed by atoms with E-state index in [1.165, 1.54) is 17.0 Å². The summed E-state index contributed by atoms with van der Waals surface area (Å²) < 4.78 is 5.36. The van der Waals surface area contributed by atoms with Gasteiger partial charge in [-0.1, -0.05) is 18.2 Å². The lowest BCUT2D eigenvalue weighted by Gasteiger charge is -2.34. The fourth-order valence-electron chi connectivity index (χ4n) is 3.05. The zero-order chi connectivity index (χ0) is 19.4. The third-order valence-electron chi connectivity index (χ3n) is 4.18. The molecule has 1 unspecified atom stereocenters. The topological polar surface area (TPSA) is 89.8 Å². The van der Waals surface area contributed by atoms with Crippen molar-refractivity contribution in [2.24, 2.45) is 0 Å². The minimum absolute atomic E-state index is 0.0366. The predicted molar refractivity (Wildman–Crippen MR) is 96.3 cm³/mol. The van der Waals surface area contributed by atoms with Crippen LogP contribution in [0.5, 0.6) is 0 Å². The molecule has 7 nitrogen and oxygen atoms in total. The van der Waals surface area contributed by atoms with E-state index < -0.39 is 16.8 Å². The molecule has 1 aliphatic rings. The number of ether oxygens (including phenoxy) is 1. The first-order valence-corrected chi connectivity index (χ1v) is 8.33. The standard InChI is InChI=1S/C19H22N2O5/c1-5-9-20-13(4)18(19(23)26-12(2)3)16(11-17(20)22)14-7-6-8-15(10-14)21(24)25/h5-8,10,12,16H,1,9,11H2,2-4H3. The van der Waals surface area contributed by atoms with Crippen molar-refractivity contribution in [3.05, 3.63) is 63.9 Å². The Hall–Kier alpha value is -2.96. The minimum Gasteiger partial charge on any atom is -0.460 e. The highest BCUT2D eigenvalue weighted by Gasteiger charge is 2.37. The second-order valence-electron chi connectivity index (χ2n) is 6.35. The number of hydrogen-bond acceptors (Lipinski definition) is 5. The van der Waals surface area contributed by atoms with Crippen molar-refractivity contribution >= 4 is 17.6 Å². The van der Waals surface area contributed by atoms with Crippen LogP contribution >= 0.6 is 0 Å². The van der Waals surface area contributed by atoms with Crippen molar-refractivity contribution in [3.8, 4) is 0 Å². The monoisotopic (exact) mass is 358 g/mol. The van der Waals surface area contributed by atoms with Crippen LogP contribution < -0.4 is 0 Å². The Morgan fingerprint density at radius 1 is 1.50 bits per heavy atom. The molecule has 0 N–H and O–H groups in total. The number of benzene rings is 1. The van der Waals surface area contributed by atoms with Crippen molar-refractivity contribution in [2.45, 2.75) is 39.2 Å². The molecule has 0 spiro atoms. The minimum atomic E-state index is -0.588. The predicted octanol–water partition coefficient (Wildman–Crippen LogP) is 3.32. The van der Waals surface area contributed by atoms with Crippen LogP contribution in [0.15, 0.2) is 48.2 Å². The number of rotatable bonds is 6. The molecule has 1 aromatic carbocycles. The van der Waals surface area contributed by atoms with E-state index in [9.17, 15) is 19.7 Å². The third kappa shape index (κ3) is 3.99. The van der Waals surface area contributed by atoms with Gasteiger partial charge in [0.15, 0.2) is 0 Å². The Kier molecular flexibility index (Phi) is 5.92. The van der Waals surface area contributed by atoms with Gasteiger partial charge in [-0.3, -0.25) is 14.9 Å². The molecule has 1 aliphatic heterocycles. The normalized spacial score (nSPS) is 17.5. The van der Waals surface area contributed by atoms with E-state index in [2.05, 4.69) is 6.58 Å². The average molecular weight is 358 g/mol. The van der Waals surface area contributed by atoms with Gasteiger partial charge in [0.25, 0.3) is 5.69 Å². The fourth-order valence-corrected chi connectivity index (χ4v) is 3.05. The van der Waals surface area contributed by atoms with Gasteiger partial charge in [-0.15, -0.1) is 6.58 Å². The highest BCUT2D eigenvalue weighted by molar-refractivity contribution is 5.96. The molecule has 2 rings (SSSR count). The van der Waals surface area contributed by atoms with Gasteiger partial charge >= 0.3 is 5.97 Å². The fraction of sp³-hybridized carbons (Fsp3) is 0.368. The highest BCUT2D eigenvalue weighted by Crippen LogP contribution is 2.38. The summed E-state index contributed by atoms with van der Waals surface area (Å²) in [6.45, 7) is 9.09. The van der Waals surface area contributed by atoms with Crippen molar-refractivity contribution in [1.82, 2.24) is 4.90 Å². The number of non-ortho nitro benzene ring substituents is 1. The lowest BCUT2D eigenvalue weighted by Crippen LogP contribution is -2.38. The molecule has 7 heteroatoms. The largest absolute Gasteiger partial charge is 0.460 e. The third-order valence-corrected chi connectivity index (χ3v) is 4.18. The van der Waals surface area contributed by atoms with Crippen molar-refractivity contribution in [1.29, 1.82) is 0 Å². The number of carbonyl (C=O) groups is 2. The maximum Gasteiger partial charge on any atom is 0.336 e. The Morgan fingerprint density at radius 2 is 2.19 bits per heavy atom. The van der Waals surface area contributed by atoms with Gasteiger partial charge in [0.2, 0.25) is 5.91 Å². The van der Waals surface area contributed by atoms with E-state index in [1.807, 2.05) is 0 Å². The van der Waals surface area contributed by atoms with E-state index >= 15 is 0 Å². The van der Waals surface area contributed by atoms with Gasteiger partial charge in [-0.25, -0.2) is 4.79 Å². The van der Waals surface area contributed by atoms with Crippen LogP contribution in [0.1, 0.15) is 38.7 Å². The van der Waals surface area contributed by atoms with Gasteiger partial charge in [-0.2, -0.15) is 0 Å². The Labute approximate surface area is 152 Å². The number of amides is 1. The quantitative estimate of drug-likeness (QED) is 0.337. The second-order valence-corrected chi connectivity index (χ2v) is 6.35. The maximum absolute atomic E-state index is 12.7. The molecule has 0 aliphatic carbocycles. The summed E-state index contributed by atoms with van der Waals surface area (Å²) in [4.78, 5) is 37.3. The lowest BCUT2D eigenvalue weighted by molar-refractivity contribution is -0.384. The van der Waals surface area contributed by atoms with Crippen LogP contribution in [0.3, 0.4) is 0 Å². The Bertz CT molecular complexity index is 782. The summed E-state index contributed by atoms with van der Waals surface area (Å²) in [5.41, 5.74) is 1.29. The summed E-state index contributed by atoms with van der Waals surface area (Å²) >= 11 is 0. The lowest BCUT2D eigenvalue weighted by atomic mass is 9.83. The van der Waals surface area contributed by atoms with Crippen molar-refractivity contribution in [2.75, 3.05) is 6.54 Å². The molecule has 0 bridgehead atoms. The Balaban J connectivity index is 2.56. The number of allylic oxidation sites excluding steroid dienone is 1. The summed E-state index contributed by atoms with van der Waals surface area (Å²) in [5, 5.41) is 11.1. The maximum atomic E-state index is 12.7. The molecular formula is C19H22N2O5. The molecule has 0 aromatic heterocycles. The van der Waals surface area contributed by atoms with Crippen molar-refractivity contribution in [3.63, 3.8) is 0 Å². The number of carbonyl (C=O) groups excluding carboxylic acids is 2. The molecular weight excluding hydrogens is 336 g/mol. The first kappa shape index (κ1) is 19.4. The summed E-state index contributed by atoms with van der Waals surface area (Å²) in [6.07, 6.45) is 1.30. The molecule has 26 heavy (non-hydrogen) atoms. The summed E-state index contributed by atoms with van der Waals surface area (Å²) in [6, 6.07) is 6.01. The number of nitrogens with zero attached hydrogens (tertiary/aromatic N) is 2.